The summed E-state index contributed by atoms with van der Waals surface area (Å²) in [6.07, 6.45) is 1.45. The molecular formula is C27H27N5O6. The number of benzene rings is 2. The van der Waals surface area contributed by atoms with Crippen LogP contribution in [0.3, 0.4) is 0 Å². The van der Waals surface area contributed by atoms with Crippen molar-refractivity contribution in [3.8, 4) is 5.69 Å². The zero-order valence-corrected chi connectivity index (χ0v) is 20.8. The summed E-state index contributed by atoms with van der Waals surface area (Å²) in [5.41, 5.74) is 1.73. The van der Waals surface area contributed by atoms with Crippen LogP contribution in [0.25, 0.3) is 11.4 Å². The molecule has 2 fully saturated rings. The van der Waals surface area contributed by atoms with Crippen LogP contribution < -0.4 is 0 Å². The standard InChI is InChI=1S/C27H27N5O6/c1-18-22(17-28-31(18)20-7-3-2-4-8-20)25(33)23-24(19-6-5-9-21(16-19)32(36)37)30(27(35)26(23)34)11-10-29-12-14-38-15-13-29/h2-9,16-17,24,33H,10-15H2,1H3. The maximum absolute atomic E-state index is 13.4. The Labute approximate surface area is 218 Å². The lowest BCUT2D eigenvalue weighted by molar-refractivity contribution is -0.384. The first kappa shape index (κ1) is 25.3. The van der Waals surface area contributed by atoms with E-state index in [4.69, 9.17) is 4.74 Å². The minimum atomic E-state index is -0.990. The number of likely N-dealkylation sites (tertiary alicyclic amines) is 1. The van der Waals surface area contributed by atoms with Crippen LogP contribution in [-0.2, 0) is 14.3 Å². The molecule has 2 saturated heterocycles. The molecule has 196 valence electrons. The highest BCUT2D eigenvalue weighted by Crippen LogP contribution is 2.40. The molecule has 0 aliphatic carbocycles. The molecule has 1 unspecified atom stereocenters. The van der Waals surface area contributed by atoms with Gasteiger partial charge in [-0.05, 0) is 24.6 Å². The number of Topliss-reactive ketones (excluding diaryl/α,β-unsaturated/α-hetero) is 1. The van der Waals surface area contributed by atoms with Crippen molar-refractivity contribution < 1.29 is 24.4 Å². The quantitative estimate of drug-likeness (QED) is 0.166. The SMILES string of the molecule is Cc1c(C(O)=C2C(=O)C(=O)N(CCN3CCOCC3)C2c2cccc([N+](=O)[O-])c2)cnn1-c1ccccc1. The molecule has 1 amide bonds. The summed E-state index contributed by atoms with van der Waals surface area (Å²) in [6, 6.07) is 14.1. The number of morpholine rings is 1. The Bertz CT molecular complexity index is 1410. The Hall–Kier alpha value is -4.35. The highest BCUT2D eigenvalue weighted by atomic mass is 16.6. The zero-order chi connectivity index (χ0) is 26.8. The largest absolute Gasteiger partial charge is 0.507 e. The number of aromatic nitrogens is 2. The van der Waals surface area contributed by atoms with Gasteiger partial charge in [-0.3, -0.25) is 24.6 Å². The number of aliphatic hydroxyl groups excluding tert-OH is 1. The Morgan fingerprint density at radius 3 is 2.55 bits per heavy atom. The van der Waals surface area contributed by atoms with Gasteiger partial charge in [0.15, 0.2) is 0 Å². The summed E-state index contributed by atoms with van der Waals surface area (Å²) in [4.78, 5) is 41.1. The molecule has 1 atom stereocenters. The highest BCUT2D eigenvalue weighted by molar-refractivity contribution is 6.46. The summed E-state index contributed by atoms with van der Waals surface area (Å²) >= 11 is 0. The molecule has 11 heteroatoms. The summed E-state index contributed by atoms with van der Waals surface area (Å²) in [5, 5.41) is 27.3. The Balaban J connectivity index is 1.58. The van der Waals surface area contributed by atoms with Crippen LogP contribution in [0.4, 0.5) is 5.69 Å². The highest BCUT2D eigenvalue weighted by Gasteiger charge is 2.46. The van der Waals surface area contributed by atoms with Gasteiger partial charge in [-0.25, -0.2) is 4.68 Å². The minimum absolute atomic E-state index is 0.117. The predicted molar refractivity (Wildman–Crippen MR) is 138 cm³/mol. The number of ether oxygens (including phenoxy) is 1. The van der Waals surface area contributed by atoms with Gasteiger partial charge < -0.3 is 14.7 Å². The molecule has 11 nitrogen and oxygen atoms in total. The first-order valence-electron chi connectivity index (χ1n) is 12.3. The van der Waals surface area contributed by atoms with Crippen LogP contribution >= 0.6 is 0 Å². The number of hydrogen-bond acceptors (Lipinski definition) is 8. The number of amides is 1. The number of nitro benzene ring substituents is 1. The van der Waals surface area contributed by atoms with Gasteiger partial charge in [0, 0.05) is 38.3 Å². The van der Waals surface area contributed by atoms with Gasteiger partial charge in [0.1, 0.15) is 5.76 Å². The summed E-state index contributed by atoms with van der Waals surface area (Å²) in [5.74, 6) is -1.97. The number of carbonyl (C=O) groups is 2. The van der Waals surface area contributed by atoms with Crippen molar-refractivity contribution in [3.05, 3.63) is 93.3 Å². The van der Waals surface area contributed by atoms with Crippen molar-refractivity contribution >= 4 is 23.1 Å². The lowest BCUT2D eigenvalue weighted by Gasteiger charge is -2.30. The molecule has 0 saturated carbocycles. The van der Waals surface area contributed by atoms with E-state index in [-0.39, 0.29) is 23.6 Å². The van der Waals surface area contributed by atoms with Crippen molar-refractivity contribution in [1.82, 2.24) is 19.6 Å². The smallest absolute Gasteiger partial charge is 0.295 e. The van der Waals surface area contributed by atoms with Crippen LogP contribution in [0.2, 0.25) is 0 Å². The third-order valence-corrected chi connectivity index (χ3v) is 6.96. The van der Waals surface area contributed by atoms with Gasteiger partial charge >= 0.3 is 0 Å². The van der Waals surface area contributed by atoms with E-state index in [0.717, 1.165) is 5.69 Å². The Morgan fingerprint density at radius 1 is 1.11 bits per heavy atom. The van der Waals surface area contributed by atoms with Crippen molar-refractivity contribution in [2.24, 2.45) is 0 Å². The monoisotopic (exact) mass is 517 g/mol. The van der Waals surface area contributed by atoms with Crippen LogP contribution in [0, 0.1) is 17.0 Å². The first-order valence-corrected chi connectivity index (χ1v) is 12.3. The fraction of sp³-hybridized carbons (Fsp3) is 0.296. The molecule has 0 radical (unpaired) electrons. The number of non-ortho nitro benzene ring substituents is 1. The first-order chi connectivity index (χ1) is 18.4. The Kier molecular flexibility index (Phi) is 7.03. The van der Waals surface area contributed by atoms with Gasteiger partial charge in [-0.15, -0.1) is 0 Å². The van der Waals surface area contributed by atoms with Gasteiger partial charge in [0.2, 0.25) is 0 Å². The van der Waals surface area contributed by atoms with Crippen molar-refractivity contribution in [2.45, 2.75) is 13.0 Å². The van der Waals surface area contributed by atoms with E-state index in [1.165, 1.54) is 29.3 Å². The minimum Gasteiger partial charge on any atom is -0.507 e. The molecule has 38 heavy (non-hydrogen) atoms. The second kappa shape index (κ2) is 10.6. The average Bonchev–Trinajstić information content (AvgIpc) is 3.45. The van der Waals surface area contributed by atoms with Gasteiger partial charge in [-0.1, -0.05) is 30.3 Å². The molecular weight excluding hydrogens is 490 g/mol. The fourth-order valence-electron chi connectivity index (χ4n) is 4.96. The lowest BCUT2D eigenvalue weighted by atomic mass is 9.95. The zero-order valence-electron chi connectivity index (χ0n) is 20.8. The van der Waals surface area contributed by atoms with Crippen LogP contribution in [0.5, 0.6) is 0 Å². The van der Waals surface area contributed by atoms with E-state index < -0.39 is 22.7 Å². The molecule has 0 spiro atoms. The van der Waals surface area contributed by atoms with Crippen LogP contribution in [-0.4, -0.2) is 80.7 Å². The number of nitro groups is 1. The van der Waals surface area contributed by atoms with Crippen molar-refractivity contribution in [2.75, 3.05) is 39.4 Å². The number of ketones is 1. The number of hydrogen-bond donors (Lipinski definition) is 1. The van der Waals surface area contributed by atoms with E-state index in [9.17, 15) is 24.8 Å². The number of carbonyl (C=O) groups excluding carboxylic acids is 2. The van der Waals surface area contributed by atoms with Crippen LogP contribution in [0.15, 0.2) is 66.4 Å². The molecule has 1 aromatic heterocycles. The normalized spacial score (nSPS) is 19.7. The van der Waals surface area contributed by atoms with Crippen molar-refractivity contribution in [3.63, 3.8) is 0 Å². The maximum Gasteiger partial charge on any atom is 0.295 e. The molecule has 5 rings (SSSR count). The van der Waals surface area contributed by atoms with E-state index in [2.05, 4.69) is 10.00 Å². The molecule has 3 aromatic rings. The number of rotatable bonds is 7. The third-order valence-electron chi connectivity index (χ3n) is 6.96. The predicted octanol–water partition coefficient (Wildman–Crippen LogP) is 2.84. The molecule has 0 bridgehead atoms. The number of para-hydroxylation sites is 1. The summed E-state index contributed by atoms with van der Waals surface area (Å²) in [7, 11) is 0. The number of nitrogens with zero attached hydrogens (tertiary/aromatic N) is 5. The van der Waals surface area contributed by atoms with E-state index >= 15 is 0 Å². The lowest BCUT2D eigenvalue weighted by Crippen LogP contribution is -2.42. The topological polar surface area (TPSA) is 131 Å². The molecule has 3 heterocycles. The summed E-state index contributed by atoms with van der Waals surface area (Å²) in [6.45, 7) is 5.01. The second-order valence-corrected chi connectivity index (χ2v) is 9.19. The third kappa shape index (κ3) is 4.69. The van der Waals surface area contributed by atoms with Crippen LogP contribution in [0.1, 0.15) is 22.9 Å². The molecule has 2 aromatic carbocycles. The molecule has 1 N–H and O–H groups in total. The maximum atomic E-state index is 13.4. The van der Waals surface area contributed by atoms with Gasteiger partial charge in [0.05, 0.1) is 52.9 Å². The molecule has 2 aliphatic heterocycles. The van der Waals surface area contributed by atoms with Gasteiger partial charge in [-0.2, -0.15) is 5.10 Å². The second-order valence-electron chi connectivity index (χ2n) is 9.19. The van der Waals surface area contributed by atoms with Gasteiger partial charge in [0.25, 0.3) is 17.4 Å². The summed E-state index contributed by atoms with van der Waals surface area (Å²) < 4.78 is 7.02. The van der Waals surface area contributed by atoms with E-state index in [1.807, 2.05) is 30.3 Å². The Morgan fingerprint density at radius 2 is 1.84 bits per heavy atom. The van der Waals surface area contributed by atoms with E-state index in [1.54, 1.807) is 17.7 Å². The number of aliphatic hydroxyl groups is 1. The molecule has 2 aliphatic rings. The average molecular weight is 518 g/mol. The fourth-order valence-corrected chi connectivity index (χ4v) is 4.96. The van der Waals surface area contributed by atoms with Crippen molar-refractivity contribution in [1.29, 1.82) is 0 Å². The van der Waals surface area contributed by atoms with E-state index in [0.29, 0.717) is 49.7 Å².